The Morgan fingerprint density at radius 2 is 1.50 bits per heavy atom. The molecule has 0 unspecified atom stereocenters. The Labute approximate surface area is 258 Å². The lowest BCUT2D eigenvalue weighted by Gasteiger charge is -2.36. The first-order chi connectivity index (χ1) is 21.6. The smallest absolute Gasteiger partial charge is 0.271 e. The maximum atomic E-state index is 12.6. The second kappa shape index (κ2) is 13.9. The van der Waals surface area contributed by atoms with Gasteiger partial charge in [-0.1, -0.05) is 60.7 Å². The summed E-state index contributed by atoms with van der Waals surface area (Å²) in [5.74, 6) is 1.45. The number of nitrogens with zero attached hydrogens (tertiary/aromatic N) is 3. The number of hydrazone groups is 1. The number of piperazine rings is 1. The number of anilines is 1. The van der Waals surface area contributed by atoms with Crippen LogP contribution in [0.25, 0.3) is 10.8 Å². The Morgan fingerprint density at radius 3 is 2.27 bits per heavy atom. The number of benzene rings is 5. The van der Waals surface area contributed by atoms with Crippen LogP contribution >= 0.6 is 0 Å². The van der Waals surface area contributed by atoms with Crippen molar-refractivity contribution in [3.05, 3.63) is 138 Å². The topological polar surface area (TPSA) is 66.4 Å². The molecule has 0 bridgehead atoms. The van der Waals surface area contributed by atoms with E-state index in [1.54, 1.807) is 13.3 Å². The Bertz CT molecular complexity index is 1730. The molecule has 1 N–H and O–H groups in total. The van der Waals surface area contributed by atoms with Crippen molar-refractivity contribution in [1.82, 2.24) is 10.3 Å². The SMILES string of the molecule is COc1ccccc1N1CCN(Cc2ccc(C(=O)N/N=C\c3ccc(OCc4ccc5ccccc5c4)cc3)cc2)CC1. The van der Waals surface area contributed by atoms with Crippen LogP contribution < -0.4 is 19.8 Å². The molecular formula is C37H36N4O3. The van der Waals surface area contributed by atoms with Crippen molar-refractivity contribution in [3.63, 3.8) is 0 Å². The van der Waals surface area contributed by atoms with E-state index in [0.717, 1.165) is 61.0 Å². The molecule has 0 aromatic heterocycles. The van der Waals surface area contributed by atoms with Crippen LogP contribution in [-0.2, 0) is 13.2 Å². The summed E-state index contributed by atoms with van der Waals surface area (Å²) in [5.41, 5.74) is 7.51. The predicted molar refractivity (Wildman–Crippen MR) is 177 cm³/mol. The lowest BCUT2D eigenvalue weighted by molar-refractivity contribution is 0.0955. The van der Waals surface area contributed by atoms with E-state index in [1.165, 1.54) is 16.3 Å². The third kappa shape index (κ3) is 7.25. The van der Waals surface area contributed by atoms with Crippen molar-refractivity contribution in [2.24, 2.45) is 5.10 Å². The third-order valence-electron chi connectivity index (χ3n) is 7.90. The molecule has 1 amide bonds. The van der Waals surface area contributed by atoms with Crippen LogP contribution in [-0.4, -0.2) is 50.3 Å². The normalized spacial score (nSPS) is 13.7. The van der Waals surface area contributed by atoms with E-state index < -0.39 is 0 Å². The molecule has 44 heavy (non-hydrogen) atoms. The minimum Gasteiger partial charge on any atom is -0.495 e. The molecule has 1 aliphatic rings. The van der Waals surface area contributed by atoms with E-state index in [0.29, 0.717) is 12.2 Å². The number of amides is 1. The van der Waals surface area contributed by atoms with Crippen LogP contribution in [0.3, 0.4) is 0 Å². The van der Waals surface area contributed by atoms with Gasteiger partial charge in [-0.25, -0.2) is 5.43 Å². The third-order valence-corrected chi connectivity index (χ3v) is 7.90. The number of rotatable bonds is 10. The zero-order valence-corrected chi connectivity index (χ0v) is 24.9. The molecule has 0 radical (unpaired) electrons. The van der Waals surface area contributed by atoms with Crippen LogP contribution in [0.4, 0.5) is 5.69 Å². The molecule has 6 rings (SSSR count). The summed E-state index contributed by atoms with van der Waals surface area (Å²) in [7, 11) is 1.72. The predicted octanol–water partition coefficient (Wildman–Crippen LogP) is 6.51. The minimum atomic E-state index is -0.242. The summed E-state index contributed by atoms with van der Waals surface area (Å²) in [6.07, 6.45) is 1.63. The van der Waals surface area contributed by atoms with Gasteiger partial charge in [0.2, 0.25) is 0 Å². The molecule has 0 spiro atoms. The summed E-state index contributed by atoms with van der Waals surface area (Å²) in [6, 6.07) is 38.2. The standard InChI is InChI=1S/C37H36N4O3/c1-43-36-9-5-4-8-35(36)41-22-20-40(21-23-41)26-29-10-16-32(17-11-29)37(42)39-38-25-28-13-18-34(19-14-28)44-27-30-12-15-31-6-2-3-7-33(31)24-30/h2-19,24-25H,20-23,26-27H2,1H3,(H,39,42)/b38-25-. The highest BCUT2D eigenvalue weighted by Crippen LogP contribution is 2.28. The summed E-state index contributed by atoms with van der Waals surface area (Å²) < 4.78 is 11.5. The highest BCUT2D eigenvalue weighted by molar-refractivity contribution is 5.94. The molecule has 1 fully saturated rings. The van der Waals surface area contributed by atoms with Crippen molar-refractivity contribution < 1.29 is 14.3 Å². The maximum Gasteiger partial charge on any atom is 0.271 e. The number of hydrogen-bond acceptors (Lipinski definition) is 6. The van der Waals surface area contributed by atoms with E-state index in [-0.39, 0.29) is 5.91 Å². The highest BCUT2D eigenvalue weighted by atomic mass is 16.5. The van der Waals surface area contributed by atoms with E-state index in [9.17, 15) is 4.79 Å². The van der Waals surface area contributed by atoms with Crippen molar-refractivity contribution in [3.8, 4) is 11.5 Å². The molecule has 5 aromatic rings. The van der Waals surface area contributed by atoms with Gasteiger partial charge in [-0.05, 0) is 82.1 Å². The quantitative estimate of drug-likeness (QED) is 0.150. The van der Waals surface area contributed by atoms with E-state index in [4.69, 9.17) is 9.47 Å². The molecule has 1 heterocycles. The first-order valence-electron chi connectivity index (χ1n) is 14.9. The van der Waals surface area contributed by atoms with Crippen LogP contribution in [0.1, 0.15) is 27.0 Å². The second-order valence-electron chi connectivity index (χ2n) is 10.9. The zero-order chi connectivity index (χ0) is 30.1. The molecule has 1 saturated heterocycles. The van der Waals surface area contributed by atoms with Gasteiger partial charge < -0.3 is 14.4 Å². The van der Waals surface area contributed by atoms with Gasteiger partial charge in [-0.2, -0.15) is 5.10 Å². The monoisotopic (exact) mass is 584 g/mol. The van der Waals surface area contributed by atoms with Crippen LogP contribution in [0.2, 0.25) is 0 Å². The highest BCUT2D eigenvalue weighted by Gasteiger charge is 2.19. The molecule has 7 nitrogen and oxygen atoms in total. The molecule has 0 atom stereocenters. The Kier molecular flexibility index (Phi) is 9.14. The fourth-order valence-electron chi connectivity index (χ4n) is 5.43. The average molecular weight is 585 g/mol. The van der Waals surface area contributed by atoms with Gasteiger partial charge in [0, 0.05) is 38.3 Å². The average Bonchev–Trinajstić information content (AvgIpc) is 3.08. The van der Waals surface area contributed by atoms with Crippen LogP contribution in [0.5, 0.6) is 11.5 Å². The van der Waals surface area contributed by atoms with Gasteiger partial charge in [-0.15, -0.1) is 0 Å². The van der Waals surface area contributed by atoms with Crippen molar-refractivity contribution in [1.29, 1.82) is 0 Å². The van der Waals surface area contributed by atoms with Gasteiger partial charge >= 0.3 is 0 Å². The van der Waals surface area contributed by atoms with E-state index in [2.05, 4.69) is 62.8 Å². The number of nitrogens with one attached hydrogen (secondary N) is 1. The summed E-state index contributed by atoms with van der Waals surface area (Å²) in [5, 5.41) is 6.56. The maximum absolute atomic E-state index is 12.6. The molecule has 222 valence electrons. The van der Waals surface area contributed by atoms with Gasteiger partial charge in [-0.3, -0.25) is 9.69 Å². The number of hydrogen-bond donors (Lipinski definition) is 1. The van der Waals surface area contributed by atoms with Crippen molar-refractivity contribution in [2.45, 2.75) is 13.2 Å². The molecule has 7 heteroatoms. The zero-order valence-electron chi connectivity index (χ0n) is 24.9. The molecular weight excluding hydrogens is 548 g/mol. The molecule has 1 aliphatic heterocycles. The van der Waals surface area contributed by atoms with Crippen LogP contribution in [0, 0.1) is 0 Å². The molecule has 0 saturated carbocycles. The number of ether oxygens (including phenoxy) is 2. The minimum absolute atomic E-state index is 0.242. The summed E-state index contributed by atoms with van der Waals surface area (Å²) in [4.78, 5) is 17.5. The van der Waals surface area contributed by atoms with Gasteiger partial charge in [0.15, 0.2) is 0 Å². The lowest BCUT2D eigenvalue weighted by Crippen LogP contribution is -2.46. The largest absolute Gasteiger partial charge is 0.495 e. The van der Waals surface area contributed by atoms with Crippen molar-refractivity contribution in [2.75, 3.05) is 38.2 Å². The first kappa shape index (κ1) is 29.0. The molecule has 5 aromatic carbocycles. The fourth-order valence-corrected chi connectivity index (χ4v) is 5.43. The lowest BCUT2D eigenvalue weighted by atomic mass is 10.1. The fraction of sp³-hybridized carbons (Fsp3) is 0.189. The van der Waals surface area contributed by atoms with Crippen LogP contribution in [0.15, 0.2) is 120 Å². The second-order valence-corrected chi connectivity index (χ2v) is 10.9. The Balaban J connectivity index is 0.943. The van der Waals surface area contributed by atoms with Gasteiger partial charge in [0.25, 0.3) is 5.91 Å². The number of carbonyl (C=O) groups excluding carboxylic acids is 1. The van der Waals surface area contributed by atoms with Gasteiger partial charge in [0.05, 0.1) is 19.0 Å². The van der Waals surface area contributed by atoms with Crippen molar-refractivity contribution >= 4 is 28.6 Å². The number of carbonyl (C=O) groups is 1. The summed E-state index contributed by atoms with van der Waals surface area (Å²) >= 11 is 0. The Hall–Kier alpha value is -5.14. The Morgan fingerprint density at radius 1 is 0.795 bits per heavy atom. The number of methoxy groups -OCH3 is 1. The van der Waals surface area contributed by atoms with E-state index >= 15 is 0 Å². The molecule has 0 aliphatic carbocycles. The van der Waals surface area contributed by atoms with Gasteiger partial charge in [0.1, 0.15) is 18.1 Å². The van der Waals surface area contributed by atoms with E-state index in [1.807, 2.05) is 72.8 Å². The summed E-state index contributed by atoms with van der Waals surface area (Å²) in [6.45, 7) is 5.16. The first-order valence-corrected chi connectivity index (χ1v) is 14.9. The number of fused-ring (bicyclic) bond motifs is 1. The number of para-hydroxylation sites is 2.